The number of amides is 1. The average Bonchev–Trinajstić information content (AvgIpc) is 3.08. The molecule has 126 valence electrons. The van der Waals surface area contributed by atoms with Crippen LogP contribution in [0.3, 0.4) is 0 Å². The Morgan fingerprint density at radius 2 is 2.21 bits per heavy atom. The number of rotatable bonds is 5. The van der Waals surface area contributed by atoms with Crippen LogP contribution in [0.1, 0.15) is 28.8 Å². The maximum absolute atomic E-state index is 13.0. The number of nitrogens with zero attached hydrogens (tertiary/aromatic N) is 3. The molecule has 7 heteroatoms. The van der Waals surface area contributed by atoms with E-state index in [-0.39, 0.29) is 22.3 Å². The van der Waals surface area contributed by atoms with Crippen molar-refractivity contribution in [2.75, 3.05) is 13.2 Å². The quantitative estimate of drug-likeness (QED) is 0.759. The Morgan fingerprint density at radius 1 is 1.33 bits per heavy atom. The Hall–Kier alpha value is -1.69. The number of hydrogen-bond acceptors (Lipinski definition) is 4. The zero-order chi connectivity index (χ0) is 16.9. The molecule has 1 aliphatic rings. The molecular weight excluding hydrogens is 349 g/mol. The normalized spacial score (nSPS) is 17.0. The van der Waals surface area contributed by atoms with Gasteiger partial charge in [-0.2, -0.15) is 0 Å². The fourth-order valence-electron chi connectivity index (χ4n) is 2.71. The van der Waals surface area contributed by atoms with Gasteiger partial charge in [-0.15, -0.1) is 0 Å². The van der Waals surface area contributed by atoms with Crippen molar-refractivity contribution in [3.63, 3.8) is 0 Å². The third-order valence-corrected chi connectivity index (χ3v) is 4.38. The van der Waals surface area contributed by atoms with Gasteiger partial charge in [0.1, 0.15) is 10.3 Å². The predicted octanol–water partition coefficient (Wildman–Crippen LogP) is 3.60. The molecule has 5 nitrogen and oxygen atoms in total. The van der Waals surface area contributed by atoms with E-state index in [1.165, 1.54) is 0 Å². The first-order valence-electron chi connectivity index (χ1n) is 7.75. The molecule has 1 amide bonds. The van der Waals surface area contributed by atoms with Crippen LogP contribution in [-0.2, 0) is 11.3 Å². The monoisotopic (exact) mass is 365 g/mol. The van der Waals surface area contributed by atoms with Gasteiger partial charge in [0.05, 0.1) is 11.7 Å². The third kappa shape index (κ3) is 4.23. The molecule has 1 fully saturated rings. The summed E-state index contributed by atoms with van der Waals surface area (Å²) in [6.45, 7) is 1.68. The lowest BCUT2D eigenvalue weighted by molar-refractivity contribution is 0.0507. The third-order valence-electron chi connectivity index (χ3n) is 3.88. The van der Waals surface area contributed by atoms with E-state index < -0.39 is 0 Å². The van der Waals surface area contributed by atoms with Crippen molar-refractivity contribution >= 4 is 29.1 Å². The van der Waals surface area contributed by atoms with E-state index in [1.54, 1.807) is 29.4 Å². The van der Waals surface area contributed by atoms with Crippen molar-refractivity contribution < 1.29 is 9.53 Å². The highest BCUT2D eigenvalue weighted by Gasteiger charge is 2.25. The van der Waals surface area contributed by atoms with Crippen LogP contribution in [0, 0.1) is 0 Å². The van der Waals surface area contributed by atoms with Crippen molar-refractivity contribution in [2.45, 2.75) is 25.5 Å². The molecule has 2 aromatic heterocycles. The highest BCUT2D eigenvalue weighted by atomic mass is 35.5. The van der Waals surface area contributed by atoms with Crippen molar-refractivity contribution in [3.05, 3.63) is 58.1 Å². The van der Waals surface area contributed by atoms with Gasteiger partial charge in [0.25, 0.3) is 5.91 Å². The fourth-order valence-corrected chi connectivity index (χ4v) is 3.13. The zero-order valence-electron chi connectivity index (χ0n) is 13.0. The SMILES string of the molecule is O=C(c1ccc(Cl)nc1Cl)N(Cc1cccnc1)CC1CCCO1. The summed E-state index contributed by atoms with van der Waals surface area (Å²) in [5.41, 5.74) is 1.28. The van der Waals surface area contributed by atoms with Crippen molar-refractivity contribution in [3.8, 4) is 0 Å². The van der Waals surface area contributed by atoms with Gasteiger partial charge in [0.2, 0.25) is 0 Å². The summed E-state index contributed by atoms with van der Waals surface area (Å²) in [5.74, 6) is -0.191. The van der Waals surface area contributed by atoms with Gasteiger partial charge in [-0.05, 0) is 36.6 Å². The van der Waals surface area contributed by atoms with Crippen LogP contribution in [0.25, 0.3) is 0 Å². The molecule has 24 heavy (non-hydrogen) atoms. The Morgan fingerprint density at radius 3 is 2.88 bits per heavy atom. The topological polar surface area (TPSA) is 55.3 Å². The van der Waals surface area contributed by atoms with Gasteiger partial charge in [-0.1, -0.05) is 29.3 Å². The Kier molecular flexibility index (Phi) is 5.66. The lowest BCUT2D eigenvalue weighted by Crippen LogP contribution is -2.37. The lowest BCUT2D eigenvalue weighted by atomic mass is 10.1. The van der Waals surface area contributed by atoms with Crippen LogP contribution in [-0.4, -0.2) is 40.0 Å². The first-order chi connectivity index (χ1) is 11.6. The highest BCUT2D eigenvalue weighted by molar-refractivity contribution is 6.34. The first-order valence-corrected chi connectivity index (χ1v) is 8.51. The second-order valence-corrected chi connectivity index (χ2v) is 6.40. The van der Waals surface area contributed by atoms with Crippen LogP contribution >= 0.6 is 23.2 Å². The van der Waals surface area contributed by atoms with Crippen LogP contribution in [0.2, 0.25) is 10.3 Å². The molecular formula is C17H17Cl2N3O2. The van der Waals surface area contributed by atoms with Gasteiger partial charge >= 0.3 is 0 Å². The molecule has 1 saturated heterocycles. The van der Waals surface area contributed by atoms with Crippen LogP contribution in [0.5, 0.6) is 0 Å². The number of halogens is 2. The van der Waals surface area contributed by atoms with Crippen LogP contribution < -0.4 is 0 Å². The average molecular weight is 366 g/mol. The van der Waals surface area contributed by atoms with E-state index in [0.29, 0.717) is 18.7 Å². The zero-order valence-corrected chi connectivity index (χ0v) is 14.5. The predicted molar refractivity (Wildman–Crippen MR) is 92.2 cm³/mol. The van der Waals surface area contributed by atoms with Gasteiger partial charge in [0.15, 0.2) is 0 Å². The maximum atomic E-state index is 13.0. The Labute approximate surface area is 150 Å². The van der Waals surface area contributed by atoms with E-state index in [9.17, 15) is 4.79 Å². The molecule has 0 bridgehead atoms. The molecule has 0 N–H and O–H groups in total. The van der Waals surface area contributed by atoms with Gasteiger partial charge in [-0.25, -0.2) is 4.98 Å². The van der Waals surface area contributed by atoms with Crippen molar-refractivity contribution in [1.82, 2.24) is 14.9 Å². The summed E-state index contributed by atoms with van der Waals surface area (Å²) in [4.78, 5) is 22.7. The molecule has 1 unspecified atom stereocenters. The smallest absolute Gasteiger partial charge is 0.257 e. The van der Waals surface area contributed by atoms with Crippen LogP contribution in [0.15, 0.2) is 36.7 Å². The first kappa shape index (κ1) is 17.1. The second-order valence-electron chi connectivity index (χ2n) is 5.65. The number of ether oxygens (including phenoxy) is 1. The standard InChI is InChI=1S/C17H17Cl2N3O2/c18-15-6-5-14(16(19)21-15)17(23)22(11-13-4-2-8-24-13)10-12-3-1-7-20-9-12/h1,3,5-7,9,13H,2,4,8,10-11H2. The molecule has 1 atom stereocenters. The van der Waals surface area contributed by atoms with Gasteiger partial charge in [-0.3, -0.25) is 9.78 Å². The molecule has 3 rings (SSSR count). The maximum Gasteiger partial charge on any atom is 0.257 e. The van der Waals surface area contributed by atoms with E-state index in [0.717, 1.165) is 25.0 Å². The minimum Gasteiger partial charge on any atom is -0.376 e. The van der Waals surface area contributed by atoms with Gasteiger partial charge < -0.3 is 9.64 Å². The number of hydrogen-bond donors (Lipinski definition) is 0. The van der Waals surface area contributed by atoms with E-state index in [4.69, 9.17) is 27.9 Å². The summed E-state index contributed by atoms with van der Waals surface area (Å²) in [6, 6.07) is 6.95. The highest BCUT2D eigenvalue weighted by Crippen LogP contribution is 2.21. The lowest BCUT2D eigenvalue weighted by Gasteiger charge is -2.26. The Balaban J connectivity index is 1.83. The minimum atomic E-state index is -0.191. The molecule has 1 aliphatic heterocycles. The molecule has 0 aromatic carbocycles. The van der Waals surface area contributed by atoms with E-state index in [2.05, 4.69) is 9.97 Å². The summed E-state index contributed by atoms with van der Waals surface area (Å²) in [7, 11) is 0. The molecule has 2 aromatic rings. The van der Waals surface area contributed by atoms with E-state index >= 15 is 0 Å². The van der Waals surface area contributed by atoms with Crippen molar-refractivity contribution in [1.29, 1.82) is 0 Å². The molecule has 0 aliphatic carbocycles. The summed E-state index contributed by atoms with van der Waals surface area (Å²) < 4.78 is 5.68. The number of carbonyl (C=O) groups is 1. The number of aromatic nitrogens is 2. The fraction of sp³-hybridized carbons (Fsp3) is 0.353. The van der Waals surface area contributed by atoms with E-state index in [1.807, 2.05) is 12.1 Å². The molecule has 0 spiro atoms. The number of carbonyl (C=O) groups excluding carboxylic acids is 1. The summed E-state index contributed by atoms with van der Waals surface area (Å²) in [6.07, 6.45) is 5.46. The molecule has 0 radical (unpaired) electrons. The summed E-state index contributed by atoms with van der Waals surface area (Å²) in [5, 5.41) is 0.366. The van der Waals surface area contributed by atoms with Gasteiger partial charge in [0, 0.05) is 32.1 Å². The second kappa shape index (κ2) is 7.92. The van der Waals surface area contributed by atoms with Crippen molar-refractivity contribution in [2.24, 2.45) is 0 Å². The minimum absolute atomic E-state index is 0.0460. The Bertz CT molecular complexity index is 706. The molecule has 0 saturated carbocycles. The summed E-state index contributed by atoms with van der Waals surface area (Å²) >= 11 is 11.9. The number of pyridine rings is 2. The molecule has 3 heterocycles. The van der Waals surface area contributed by atoms with Crippen LogP contribution in [0.4, 0.5) is 0 Å². The largest absolute Gasteiger partial charge is 0.376 e.